The van der Waals surface area contributed by atoms with Crippen LogP contribution in [0.3, 0.4) is 0 Å². The molecule has 1 aromatic rings. The molecule has 0 bridgehead atoms. The molecule has 1 heterocycles. The molecule has 0 aliphatic carbocycles. The maximum absolute atomic E-state index is 12.3. The van der Waals surface area contributed by atoms with Crippen LogP contribution in [0.25, 0.3) is 0 Å². The molecule has 1 saturated heterocycles. The first-order chi connectivity index (χ1) is 13.5. The van der Waals surface area contributed by atoms with Crippen molar-refractivity contribution in [2.45, 2.75) is 58.4 Å². The van der Waals surface area contributed by atoms with Crippen LogP contribution >= 0.6 is 0 Å². The summed E-state index contributed by atoms with van der Waals surface area (Å²) in [4.78, 5) is 24.4. The van der Waals surface area contributed by atoms with E-state index in [0.717, 1.165) is 5.56 Å². The molecule has 2 rings (SSSR count). The van der Waals surface area contributed by atoms with Gasteiger partial charge < -0.3 is 10.6 Å². The summed E-state index contributed by atoms with van der Waals surface area (Å²) in [6, 6.07) is 7.31. The molecule has 0 saturated carbocycles. The Bertz CT molecular complexity index is 805. The van der Waals surface area contributed by atoms with E-state index in [4.69, 9.17) is 0 Å². The van der Waals surface area contributed by atoms with E-state index in [9.17, 15) is 18.0 Å². The lowest BCUT2D eigenvalue weighted by molar-refractivity contribution is -0.121. The Morgan fingerprint density at radius 2 is 1.69 bits per heavy atom. The number of benzene rings is 1. The van der Waals surface area contributed by atoms with E-state index in [2.05, 4.69) is 31.4 Å². The van der Waals surface area contributed by atoms with Gasteiger partial charge in [-0.2, -0.15) is 0 Å². The van der Waals surface area contributed by atoms with E-state index in [1.807, 2.05) is 19.1 Å². The number of amides is 2. The zero-order chi connectivity index (χ0) is 21.7. The highest BCUT2D eigenvalue weighted by atomic mass is 32.2. The van der Waals surface area contributed by atoms with Gasteiger partial charge >= 0.3 is 0 Å². The van der Waals surface area contributed by atoms with Crippen molar-refractivity contribution in [3.63, 3.8) is 0 Å². The maximum Gasteiger partial charge on any atom is 0.251 e. The molecule has 1 aromatic carbocycles. The molecule has 2 amide bonds. The molecule has 0 aromatic heterocycles. The fourth-order valence-electron chi connectivity index (χ4n) is 3.33. The van der Waals surface area contributed by atoms with Gasteiger partial charge in [-0.15, -0.1) is 0 Å². The second-order valence-electron chi connectivity index (χ2n) is 8.57. The van der Waals surface area contributed by atoms with Gasteiger partial charge in [0.1, 0.15) is 0 Å². The lowest BCUT2D eigenvalue weighted by atomic mass is 9.87. The second kappa shape index (κ2) is 9.71. The molecular formula is C21H33N3O4S. The van der Waals surface area contributed by atoms with Crippen molar-refractivity contribution in [1.29, 1.82) is 0 Å². The first kappa shape index (κ1) is 23.3. The highest BCUT2D eigenvalue weighted by Crippen LogP contribution is 2.22. The summed E-state index contributed by atoms with van der Waals surface area (Å²) >= 11 is 0. The Balaban J connectivity index is 1.77. The Morgan fingerprint density at radius 1 is 1.10 bits per heavy atom. The van der Waals surface area contributed by atoms with Crippen molar-refractivity contribution in [2.75, 3.05) is 25.4 Å². The monoisotopic (exact) mass is 423 g/mol. The van der Waals surface area contributed by atoms with E-state index >= 15 is 0 Å². The molecule has 0 unspecified atom stereocenters. The quantitative estimate of drug-likeness (QED) is 0.701. The number of sulfonamides is 1. The molecule has 1 aliphatic rings. The number of nitrogens with one attached hydrogen (secondary N) is 2. The topological polar surface area (TPSA) is 95.6 Å². The predicted octanol–water partition coefficient (Wildman–Crippen LogP) is 2.03. The standard InChI is InChI=1S/C21H33N3O4S/c1-5-14-29(27,28)24-12-10-18(11-13-24)23-19(25)15-22-20(26)16-6-8-17(9-7-16)21(2,3)4/h6-9,18H,5,10-15H2,1-4H3,(H,22,26)(H,23,25). The number of hydrogen-bond acceptors (Lipinski definition) is 4. The van der Waals surface area contributed by atoms with Crippen molar-refractivity contribution in [3.05, 3.63) is 35.4 Å². The van der Waals surface area contributed by atoms with E-state index in [0.29, 0.717) is 37.9 Å². The average molecular weight is 424 g/mol. The minimum Gasteiger partial charge on any atom is -0.352 e. The van der Waals surface area contributed by atoms with Crippen LogP contribution in [-0.2, 0) is 20.2 Å². The lowest BCUT2D eigenvalue weighted by Gasteiger charge is -2.31. The van der Waals surface area contributed by atoms with Crippen molar-refractivity contribution < 1.29 is 18.0 Å². The summed E-state index contributed by atoms with van der Waals surface area (Å²) in [6.45, 7) is 8.90. The summed E-state index contributed by atoms with van der Waals surface area (Å²) in [5.41, 5.74) is 1.67. The highest BCUT2D eigenvalue weighted by molar-refractivity contribution is 7.89. The van der Waals surface area contributed by atoms with Gasteiger partial charge in [-0.25, -0.2) is 12.7 Å². The van der Waals surface area contributed by atoms with Crippen LogP contribution in [0.4, 0.5) is 0 Å². The molecule has 8 heteroatoms. The van der Waals surface area contributed by atoms with E-state index in [1.165, 1.54) is 4.31 Å². The molecule has 2 N–H and O–H groups in total. The summed E-state index contributed by atoms with van der Waals surface area (Å²) in [5, 5.41) is 5.52. The number of piperidine rings is 1. The molecular weight excluding hydrogens is 390 g/mol. The summed E-state index contributed by atoms with van der Waals surface area (Å²) in [7, 11) is -3.19. The number of carbonyl (C=O) groups is 2. The molecule has 7 nitrogen and oxygen atoms in total. The number of carbonyl (C=O) groups excluding carboxylic acids is 2. The second-order valence-corrected chi connectivity index (χ2v) is 10.7. The van der Waals surface area contributed by atoms with Gasteiger partial charge in [0.25, 0.3) is 5.91 Å². The van der Waals surface area contributed by atoms with Gasteiger partial charge in [-0.05, 0) is 42.4 Å². The first-order valence-electron chi connectivity index (χ1n) is 10.2. The van der Waals surface area contributed by atoms with Gasteiger partial charge in [0.15, 0.2) is 0 Å². The predicted molar refractivity (Wildman–Crippen MR) is 114 cm³/mol. The van der Waals surface area contributed by atoms with E-state index < -0.39 is 10.0 Å². The first-order valence-corrected chi connectivity index (χ1v) is 11.8. The molecule has 1 fully saturated rings. The SMILES string of the molecule is CCCS(=O)(=O)N1CCC(NC(=O)CNC(=O)c2ccc(C(C)(C)C)cc2)CC1. The zero-order valence-electron chi connectivity index (χ0n) is 17.8. The third-order valence-electron chi connectivity index (χ3n) is 5.10. The fourth-order valence-corrected chi connectivity index (χ4v) is 4.87. The summed E-state index contributed by atoms with van der Waals surface area (Å²) < 4.78 is 25.7. The van der Waals surface area contributed by atoms with Gasteiger partial charge in [-0.3, -0.25) is 9.59 Å². The van der Waals surface area contributed by atoms with Crippen LogP contribution in [0.5, 0.6) is 0 Å². The summed E-state index contributed by atoms with van der Waals surface area (Å²) in [5.74, 6) is -0.395. The van der Waals surface area contributed by atoms with Crippen molar-refractivity contribution >= 4 is 21.8 Å². The summed E-state index contributed by atoms with van der Waals surface area (Å²) in [6.07, 6.45) is 1.76. The van der Waals surface area contributed by atoms with Crippen molar-refractivity contribution in [1.82, 2.24) is 14.9 Å². The third kappa shape index (κ3) is 6.82. The Kier molecular flexibility index (Phi) is 7.82. The molecule has 1 aliphatic heterocycles. The Morgan fingerprint density at radius 3 is 2.21 bits per heavy atom. The van der Waals surface area contributed by atoms with E-state index in [1.54, 1.807) is 12.1 Å². The number of nitrogens with zero attached hydrogens (tertiary/aromatic N) is 1. The van der Waals surface area contributed by atoms with Gasteiger partial charge in [0.05, 0.1) is 12.3 Å². The van der Waals surface area contributed by atoms with Gasteiger partial charge in [0, 0.05) is 24.7 Å². The van der Waals surface area contributed by atoms with Crippen LogP contribution in [0, 0.1) is 0 Å². The van der Waals surface area contributed by atoms with Crippen molar-refractivity contribution in [3.8, 4) is 0 Å². The highest BCUT2D eigenvalue weighted by Gasteiger charge is 2.28. The zero-order valence-corrected chi connectivity index (χ0v) is 18.6. The maximum atomic E-state index is 12.3. The Labute approximate surface area is 174 Å². The molecule has 0 radical (unpaired) electrons. The number of hydrogen-bond donors (Lipinski definition) is 2. The van der Waals surface area contributed by atoms with E-state index in [-0.39, 0.29) is 35.6 Å². The number of rotatable bonds is 7. The van der Waals surface area contributed by atoms with Crippen LogP contribution in [0.2, 0.25) is 0 Å². The average Bonchev–Trinajstić information content (AvgIpc) is 2.66. The largest absolute Gasteiger partial charge is 0.352 e. The smallest absolute Gasteiger partial charge is 0.251 e. The van der Waals surface area contributed by atoms with Gasteiger partial charge in [-0.1, -0.05) is 39.8 Å². The van der Waals surface area contributed by atoms with Gasteiger partial charge in [0.2, 0.25) is 15.9 Å². The third-order valence-corrected chi connectivity index (χ3v) is 7.17. The fraction of sp³-hybridized carbons (Fsp3) is 0.619. The minimum atomic E-state index is -3.19. The molecule has 162 valence electrons. The van der Waals surface area contributed by atoms with Crippen molar-refractivity contribution in [2.24, 2.45) is 0 Å². The molecule has 0 atom stereocenters. The van der Waals surface area contributed by atoms with Crippen LogP contribution in [0.15, 0.2) is 24.3 Å². The normalized spacial score (nSPS) is 16.4. The lowest BCUT2D eigenvalue weighted by Crippen LogP contribution is -2.49. The molecule has 0 spiro atoms. The van der Waals surface area contributed by atoms with Crippen LogP contribution in [-0.4, -0.2) is 56.0 Å². The van der Waals surface area contributed by atoms with Crippen LogP contribution < -0.4 is 10.6 Å². The Hall–Kier alpha value is -1.93. The minimum absolute atomic E-state index is 0.0142. The van der Waals surface area contributed by atoms with Crippen LogP contribution in [0.1, 0.15) is 62.9 Å². The molecule has 29 heavy (non-hydrogen) atoms.